The first-order valence-electron chi connectivity index (χ1n) is 6.85. The fourth-order valence-electron chi connectivity index (χ4n) is 2.56. The first-order chi connectivity index (χ1) is 10.4. The number of carbonyl (C=O) groups excluding carboxylic acids is 1. The van der Waals surface area contributed by atoms with Crippen LogP contribution in [-0.4, -0.2) is 36.4 Å². The predicted octanol–water partition coefficient (Wildman–Crippen LogP) is 2.11. The zero-order valence-corrected chi connectivity index (χ0v) is 14.5. The van der Waals surface area contributed by atoms with Crippen molar-refractivity contribution < 1.29 is 13.2 Å². The number of nitrogens with zero attached hydrogens (tertiary/aromatic N) is 1. The van der Waals surface area contributed by atoms with Gasteiger partial charge < -0.3 is 5.32 Å². The van der Waals surface area contributed by atoms with Gasteiger partial charge in [0.25, 0.3) is 0 Å². The molecule has 3 heterocycles. The third-order valence-electron chi connectivity index (χ3n) is 3.57. The standard InChI is InChI=1S/C14H16N2O3S3/c1-14(4-6-22(18,19)9-14)16-12(17)7-10-8-21-13(15-10)11-3-2-5-20-11/h2-3,5,8H,4,6-7,9H2,1H3,(H,16,17)/t14-/m1/s1. The Morgan fingerprint density at radius 3 is 2.91 bits per heavy atom. The summed E-state index contributed by atoms with van der Waals surface area (Å²) in [6.07, 6.45) is 0.649. The lowest BCUT2D eigenvalue weighted by molar-refractivity contribution is -0.121. The molecule has 0 bridgehead atoms. The van der Waals surface area contributed by atoms with Crippen molar-refractivity contribution in [3.8, 4) is 9.88 Å². The number of sulfone groups is 1. The normalized spacial score (nSPS) is 23.5. The topological polar surface area (TPSA) is 76.1 Å². The number of rotatable bonds is 4. The molecule has 1 fully saturated rings. The van der Waals surface area contributed by atoms with Crippen LogP contribution in [0, 0.1) is 0 Å². The van der Waals surface area contributed by atoms with Gasteiger partial charge in [0.05, 0.1) is 34.0 Å². The Morgan fingerprint density at radius 1 is 1.45 bits per heavy atom. The summed E-state index contributed by atoms with van der Waals surface area (Å²) >= 11 is 3.13. The van der Waals surface area contributed by atoms with E-state index in [1.807, 2.05) is 22.9 Å². The Hall–Kier alpha value is -1.25. The summed E-state index contributed by atoms with van der Waals surface area (Å²) in [6.45, 7) is 1.79. The highest BCUT2D eigenvalue weighted by Gasteiger charge is 2.39. The molecule has 0 aliphatic carbocycles. The number of aromatic nitrogens is 1. The van der Waals surface area contributed by atoms with Gasteiger partial charge in [0.2, 0.25) is 5.91 Å². The van der Waals surface area contributed by atoms with Gasteiger partial charge in [-0.2, -0.15) is 0 Å². The second-order valence-electron chi connectivity index (χ2n) is 5.75. The number of hydrogen-bond acceptors (Lipinski definition) is 6. The molecule has 8 heteroatoms. The quantitative estimate of drug-likeness (QED) is 0.910. The molecular formula is C14H16N2O3S3. The number of thiazole rings is 1. The highest BCUT2D eigenvalue weighted by Crippen LogP contribution is 2.28. The minimum absolute atomic E-state index is 0.0171. The zero-order chi connectivity index (χ0) is 15.8. The summed E-state index contributed by atoms with van der Waals surface area (Å²) in [5, 5.41) is 7.63. The zero-order valence-electron chi connectivity index (χ0n) is 12.0. The van der Waals surface area contributed by atoms with E-state index in [0.717, 1.165) is 15.6 Å². The van der Waals surface area contributed by atoms with E-state index >= 15 is 0 Å². The molecule has 1 aliphatic heterocycles. The van der Waals surface area contributed by atoms with Gasteiger partial charge in [0.15, 0.2) is 9.84 Å². The second-order valence-corrected chi connectivity index (χ2v) is 9.74. The molecule has 1 aliphatic rings. The third-order valence-corrected chi connectivity index (χ3v) is 7.40. The van der Waals surface area contributed by atoms with E-state index in [4.69, 9.17) is 0 Å². The van der Waals surface area contributed by atoms with Gasteiger partial charge in [0.1, 0.15) is 5.01 Å². The largest absolute Gasteiger partial charge is 0.350 e. The van der Waals surface area contributed by atoms with Crippen molar-refractivity contribution in [1.82, 2.24) is 10.3 Å². The van der Waals surface area contributed by atoms with Crippen molar-refractivity contribution in [3.05, 3.63) is 28.6 Å². The molecule has 0 radical (unpaired) electrons. The Kier molecular flexibility index (Phi) is 4.09. The summed E-state index contributed by atoms with van der Waals surface area (Å²) in [6, 6.07) is 3.97. The first-order valence-corrected chi connectivity index (χ1v) is 10.4. The summed E-state index contributed by atoms with van der Waals surface area (Å²) in [5.41, 5.74) is 0.0676. The molecule has 1 amide bonds. The molecular weight excluding hydrogens is 340 g/mol. The highest BCUT2D eigenvalue weighted by atomic mass is 32.2. The minimum atomic E-state index is -3.02. The third kappa shape index (κ3) is 3.56. The molecule has 0 unspecified atom stereocenters. The van der Waals surface area contributed by atoms with Crippen LogP contribution in [0.5, 0.6) is 0 Å². The van der Waals surface area contributed by atoms with Crippen LogP contribution in [0.1, 0.15) is 19.0 Å². The maximum absolute atomic E-state index is 12.1. The van der Waals surface area contributed by atoms with E-state index in [-0.39, 0.29) is 23.8 Å². The number of nitrogens with one attached hydrogen (secondary N) is 1. The Balaban J connectivity index is 1.63. The first kappa shape index (κ1) is 15.6. The second kappa shape index (κ2) is 5.75. The van der Waals surface area contributed by atoms with Crippen LogP contribution in [0.4, 0.5) is 0 Å². The highest BCUT2D eigenvalue weighted by molar-refractivity contribution is 7.91. The monoisotopic (exact) mass is 356 g/mol. The van der Waals surface area contributed by atoms with Crippen LogP contribution < -0.4 is 5.32 Å². The van der Waals surface area contributed by atoms with Gasteiger partial charge in [-0.15, -0.1) is 22.7 Å². The molecule has 0 saturated carbocycles. The molecule has 2 aromatic rings. The Labute approximate surface area is 137 Å². The number of carbonyl (C=O) groups is 1. The molecule has 1 atom stereocenters. The lowest BCUT2D eigenvalue weighted by Crippen LogP contribution is -2.47. The van der Waals surface area contributed by atoms with E-state index < -0.39 is 15.4 Å². The number of hydrogen-bond donors (Lipinski definition) is 1. The van der Waals surface area contributed by atoms with E-state index in [1.165, 1.54) is 11.3 Å². The maximum atomic E-state index is 12.1. The van der Waals surface area contributed by atoms with E-state index in [1.54, 1.807) is 18.3 Å². The van der Waals surface area contributed by atoms with Crippen LogP contribution >= 0.6 is 22.7 Å². The smallest absolute Gasteiger partial charge is 0.226 e. The average Bonchev–Trinajstić information content (AvgIpc) is 3.09. The number of amides is 1. The van der Waals surface area contributed by atoms with Crippen molar-refractivity contribution >= 4 is 38.4 Å². The Bertz CT molecular complexity index is 780. The Morgan fingerprint density at radius 2 is 2.27 bits per heavy atom. The van der Waals surface area contributed by atoms with Crippen molar-refractivity contribution in [2.75, 3.05) is 11.5 Å². The molecule has 2 aromatic heterocycles. The van der Waals surface area contributed by atoms with E-state index in [2.05, 4.69) is 10.3 Å². The van der Waals surface area contributed by atoms with Gasteiger partial charge in [-0.25, -0.2) is 13.4 Å². The predicted molar refractivity (Wildman–Crippen MR) is 88.9 cm³/mol. The van der Waals surface area contributed by atoms with Crippen molar-refractivity contribution in [2.24, 2.45) is 0 Å². The summed E-state index contributed by atoms with van der Waals surface area (Å²) in [5.74, 6) is -0.0191. The van der Waals surface area contributed by atoms with Crippen LogP contribution in [0.2, 0.25) is 0 Å². The van der Waals surface area contributed by atoms with Gasteiger partial charge in [-0.05, 0) is 24.8 Å². The van der Waals surface area contributed by atoms with Crippen LogP contribution in [0.15, 0.2) is 22.9 Å². The molecule has 1 N–H and O–H groups in total. The van der Waals surface area contributed by atoms with Crippen LogP contribution in [0.25, 0.3) is 9.88 Å². The van der Waals surface area contributed by atoms with Crippen LogP contribution in [0.3, 0.4) is 0 Å². The fourth-order valence-corrected chi connectivity index (χ4v) is 6.28. The lowest BCUT2D eigenvalue weighted by Gasteiger charge is -2.23. The molecule has 22 heavy (non-hydrogen) atoms. The van der Waals surface area contributed by atoms with E-state index in [9.17, 15) is 13.2 Å². The van der Waals surface area contributed by atoms with Gasteiger partial charge in [0, 0.05) is 5.38 Å². The molecule has 1 saturated heterocycles. The molecule has 118 valence electrons. The van der Waals surface area contributed by atoms with Crippen LogP contribution in [-0.2, 0) is 21.1 Å². The summed E-state index contributed by atoms with van der Waals surface area (Å²) in [7, 11) is -3.02. The molecule has 5 nitrogen and oxygen atoms in total. The van der Waals surface area contributed by atoms with Gasteiger partial charge in [-0.3, -0.25) is 4.79 Å². The summed E-state index contributed by atoms with van der Waals surface area (Å²) in [4.78, 5) is 17.7. The van der Waals surface area contributed by atoms with Crippen molar-refractivity contribution in [3.63, 3.8) is 0 Å². The molecule has 0 spiro atoms. The minimum Gasteiger partial charge on any atom is -0.350 e. The van der Waals surface area contributed by atoms with Gasteiger partial charge >= 0.3 is 0 Å². The van der Waals surface area contributed by atoms with Crippen molar-refractivity contribution in [1.29, 1.82) is 0 Å². The molecule has 3 rings (SSSR count). The maximum Gasteiger partial charge on any atom is 0.226 e. The SMILES string of the molecule is C[C@@]1(NC(=O)Cc2csc(-c3cccs3)n2)CCS(=O)(=O)C1. The van der Waals surface area contributed by atoms with Gasteiger partial charge in [-0.1, -0.05) is 6.07 Å². The van der Waals surface area contributed by atoms with Crippen molar-refractivity contribution in [2.45, 2.75) is 25.3 Å². The molecule has 0 aromatic carbocycles. The number of thiophene rings is 1. The average molecular weight is 356 g/mol. The lowest BCUT2D eigenvalue weighted by atomic mass is 10.0. The van der Waals surface area contributed by atoms with E-state index in [0.29, 0.717) is 6.42 Å². The summed E-state index contributed by atoms with van der Waals surface area (Å²) < 4.78 is 23.1. The fraction of sp³-hybridized carbons (Fsp3) is 0.429.